The maximum absolute atomic E-state index is 13.2. The second-order valence-corrected chi connectivity index (χ2v) is 7.26. The Balaban J connectivity index is 2.22. The minimum Gasteiger partial charge on any atom is -0.481 e. The molecule has 1 aromatic rings. The van der Waals surface area contributed by atoms with Crippen LogP contribution in [-0.2, 0) is 14.8 Å². The third kappa shape index (κ3) is 3.24. The first-order chi connectivity index (χ1) is 9.77. The van der Waals surface area contributed by atoms with Crippen molar-refractivity contribution in [3.63, 3.8) is 0 Å². The fourth-order valence-electron chi connectivity index (χ4n) is 2.69. The maximum Gasteiger partial charge on any atom is 0.310 e. The van der Waals surface area contributed by atoms with Gasteiger partial charge in [0.25, 0.3) is 0 Å². The highest BCUT2D eigenvalue weighted by molar-refractivity contribution is 7.89. The van der Waals surface area contributed by atoms with Crippen LogP contribution in [0, 0.1) is 18.2 Å². The summed E-state index contributed by atoms with van der Waals surface area (Å²) in [4.78, 5) is 11.3. The topological polar surface area (TPSA) is 83.5 Å². The molecule has 0 saturated heterocycles. The number of carboxylic acids is 1. The molecule has 2 rings (SSSR count). The first kappa shape index (κ1) is 15.9. The third-order valence-corrected chi connectivity index (χ3v) is 5.60. The monoisotopic (exact) mass is 315 g/mol. The zero-order valence-corrected chi connectivity index (χ0v) is 12.5. The lowest BCUT2D eigenvalue weighted by Gasteiger charge is -2.24. The number of hydrogen-bond donors (Lipinski definition) is 2. The molecular formula is C14H18FNO4S. The van der Waals surface area contributed by atoms with Gasteiger partial charge >= 0.3 is 5.97 Å². The van der Waals surface area contributed by atoms with Crippen LogP contribution >= 0.6 is 0 Å². The molecule has 0 amide bonds. The highest BCUT2D eigenvalue weighted by Gasteiger charge is 2.42. The quantitative estimate of drug-likeness (QED) is 0.871. The fraction of sp³-hybridized carbons (Fsp3) is 0.500. The summed E-state index contributed by atoms with van der Waals surface area (Å²) in [6.07, 6.45) is 2.44. The van der Waals surface area contributed by atoms with Crippen LogP contribution in [0.2, 0.25) is 0 Å². The summed E-state index contributed by atoms with van der Waals surface area (Å²) in [5, 5.41) is 9.34. The maximum atomic E-state index is 13.2. The molecule has 0 radical (unpaired) electrons. The number of carboxylic acid groups (broad SMARTS) is 1. The zero-order chi connectivity index (χ0) is 15.7. The van der Waals surface area contributed by atoms with Crippen molar-refractivity contribution in [2.45, 2.75) is 37.5 Å². The summed E-state index contributed by atoms with van der Waals surface area (Å²) in [7, 11) is -3.93. The van der Waals surface area contributed by atoms with Crippen LogP contribution in [0.4, 0.5) is 4.39 Å². The molecule has 1 fully saturated rings. The average Bonchev–Trinajstić information content (AvgIpc) is 2.89. The van der Waals surface area contributed by atoms with Gasteiger partial charge in [0.2, 0.25) is 10.0 Å². The Kier molecular flexibility index (Phi) is 4.34. The molecule has 1 saturated carbocycles. The van der Waals surface area contributed by atoms with Crippen LogP contribution in [0.5, 0.6) is 0 Å². The Bertz CT molecular complexity index is 651. The van der Waals surface area contributed by atoms with Crippen molar-refractivity contribution in [3.8, 4) is 0 Å². The van der Waals surface area contributed by atoms with Gasteiger partial charge in [0.1, 0.15) is 5.82 Å². The molecule has 116 valence electrons. The Morgan fingerprint density at radius 2 is 2.00 bits per heavy atom. The number of hydrogen-bond acceptors (Lipinski definition) is 3. The Hall–Kier alpha value is -1.47. The number of benzene rings is 1. The number of carbonyl (C=O) groups is 1. The molecule has 7 heteroatoms. The molecule has 0 bridgehead atoms. The Morgan fingerprint density at radius 3 is 2.57 bits per heavy atom. The summed E-state index contributed by atoms with van der Waals surface area (Å²) in [5.74, 6) is -1.63. The second-order valence-electron chi connectivity index (χ2n) is 5.53. The third-order valence-electron chi connectivity index (χ3n) is 4.05. The Morgan fingerprint density at radius 1 is 1.38 bits per heavy atom. The van der Waals surface area contributed by atoms with Gasteiger partial charge in [0.15, 0.2) is 0 Å². The van der Waals surface area contributed by atoms with Crippen molar-refractivity contribution >= 4 is 16.0 Å². The lowest BCUT2D eigenvalue weighted by molar-refractivity contribution is -0.148. The van der Waals surface area contributed by atoms with E-state index < -0.39 is 27.2 Å². The van der Waals surface area contributed by atoms with Gasteiger partial charge in [0, 0.05) is 6.54 Å². The number of halogens is 1. The molecule has 1 aliphatic rings. The molecule has 0 heterocycles. The molecule has 0 unspecified atom stereocenters. The number of rotatable bonds is 5. The van der Waals surface area contributed by atoms with E-state index >= 15 is 0 Å². The normalized spacial score (nSPS) is 17.8. The van der Waals surface area contributed by atoms with Crippen LogP contribution in [0.15, 0.2) is 23.1 Å². The summed E-state index contributed by atoms with van der Waals surface area (Å²) >= 11 is 0. The first-order valence-corrected chi connectivity index (χ1v) is 8.24. The van der Waals surface area contributed by atoms with E-state index in [1.54, 1.807) is 6.92 Å². The lowest BCUT2D eigenvalue weighted by atomic mass is 9.87. The zero-order valence-electron chi connectivity index (χ0n) is 11.7. The van der Waals surface area contributed by atoms with E-state index in [-0.39, 0.29) is 11.4 Å². The first-order valence-electron chi connectivity index (χ1n) is 6.76. The van der Waals surface area contributed by atoms with Crippen molar-refractivity contribution < 1.29 is 22.7 Å². The van der Waals surface area contributed by atoms with Crippen molar-refractivity contribution in [2.75, 3.05) is 6.54 Å². The summed E-state index contributed by atoms with van der Waals surface area (Å²) in [6.45, 7) is 1.40. The van der Waals surface area contributed by atoms with Gasteiger partial charge in [0.05, 0.1) is 10.3 Å². The highest BCUT2D eigenvalue weighted by Crippen LogP contribution is 2.38. The number of sulfonamides is 1. The number of aryl methyl sites for hydroxylation is 1. The fourth-order valence-corrected chi connectivity index (χ4v) is 4.07. The minimum absolute atomic E-state index is 0.152. The highest BCUT2D eigenvalue weighted by atomic mass is 32.2. The van der Waals surface area contributed by atoms with Gasteiger partial charge in [-0.25, -0.2) is 17.5 Å². The summed E-state index contributed by atoms with van der Waals surface area (Å²) in [5.41, 5.74) is -0.631. The van der Waals surface area contributed by atoms with Gasteiger partial charge in [-0.2, -0.15) is 0 Å². The smallest absolute Gasteiger partial charge is 0.310 e. The van der Waals surface area contributed by atoms with E-state index in [4.69, 9.17) is 0 Å². The van der Waals surface area contributed by atoms with Crippen molar-refractivity contribution in [3.05, 3.63) is 29.6 Å². The van der Waals surface area contributed by atoms with Crippen molar-refractivity contribution in [1.29, 1.82) is 0 Å². The molecule has 0 spiro atoms. The van der Waals surface area contributed by atoms with E-state index in [9.17, 15) is 22.7 Å². The SMILES string of the molecule is Cc1ccc(F)cc1S(=O)(=O)NCC1(C(=O)O)CCCC1. The van der Waals surface area contributed by atoms with E-state index in [2.05, 4.69) is 4.72 Å². The minimum atomic E-state index is -3.93. The van der Waals surface area contributed by atoms with Gasteiger partial charge in [-0.3, -0.25) is 4.79 Å². The van der Waals surface area contributed by atoms with Gasteiger partial charge in [-0.05, 0) is 37.5 Å². The molecule has 5 nitrogen and oxygen atoms in total. The summed E-state index contributed by atoms with van der Waals surface area (Å²) in [6, 6.07) is 3.51. The molecule has 0 atom stereocenters. The number of aliphatic carboxylic acids is 1. The van der Waals surface area contributed by atoms with E-state index in [0.29, 0.717) is 18.4 Å². The molecule has 2 N–H and O–H groups in total. The predicted molar refractivity (Wildman–Crippen MR) is 74.9 cm³/mol. The van der Waals surface area contributed by atoms with Crippen molar-refractivity contribution in [1.82, 2.24) is 4.72 Å². The van der Waals surface area contributed by atoms with Crippen LogP contribution in [0.1, 0.15) is 31.2 Å². The lowest BCUT2D eigenvalue weighted by Crippen LogP contribution is -2.41. The standard InChI is InChI=1S/C14H18FNO4S/c1-10-4-5-11(15)8-12(10)21(19,20)16-9-14(13(17)18)6-2-3-7-14/h4-5,8,16H,2-3,6-7,9H2,1H3,(H,17,18). The molecule has 21 heavy (non-hydrogen) atoms. The molecule has 1 aliphatic carbocycles. The van der Waals surface area contributed by atoms with Crippen LogP contribution < -0.4 is 4.72 Å². The molecular weight excluding hydrogens is 297 g/mol. The predicted octanol–water partition coefficient (Wildman–Crippen LogP) is 2.06. The van der Waals surface area contributed by atoms with Crippen LogP contribution in [0.25, 0.3) is 0 Å². The number of nitrogens with one attached hydrogen (secondary N) is 1. The van der Waals surface area contributed by atoms with Gasteiger partial charge in [-0.1, -0.05) is 18.9 Å². The van der Waals surface area contributed by atoms with Crippen LogP contribution in [-0.4, -0.2) is 26.0 Å². The van der Waals surface area contributed by atoms with E-state index in [1.807, 2.05) is 0 Å². The van der Waals surface area contributed by atoms with Crippen molar-refractivity contribution in [2.24, 2.45) is 5.41 Å². The largest absolute Gasteiger partial charge is 0.481 e. The van der Waals surface area contributed by atoms with Gasteiger partial charge in [-0.15, -0.1) is 0 Å². The van der Waals surface area contributed by atoms with E-state index in [1.165, 1.54) is 12.1 Å². The van der Waals surface area contributed by atoms with E-state index in [0.717, 1.165) is 18.9 Å². The second kappa shape index (κ2) is 5.73. The van der Waals surface area contributed by atoms with Crippen LogP contribution in [0.3, 0.4) is 0 Å². The molecule has 1 aromatic carbocycles. The van der Waals surface area contributed by atoms with Gasteiger partial charge < -0.3 is 5.11 Å². The molecule has 0 aliphatic heterocycles. The molecule has 0 aromatic heterocycles. The Labute approximate surface area is 123 Å². The summed E-state index contributed by atoms with van der Waals surface area (Å²) < 4.78 is 40.1. The average molecular weight is 315 g/mol.